The third kappa shape index (κ3) is 4.09. The van der Waals surface area contributed by atoms with E-state index in [0.29, 0.717) is 16.6 Å². The molecule has 2 nitrogen and oxygen atoms in total. The van der Waals surface area contributed by atoms with Gasteiger partial charge in [0.15, 0.2) is 0 Å². The van der Waals surface area contributed by atoms with Gasteiger partial charge in [-0.05, 0) is 42.5 Å². The van der Waals surface area contributed by atoms with Gasteiger partial charge in [0.25, 0.3) is 0 Å². The molecule has 0 unspecified atom stereocenters. The standard InChI is InChI=1S/C16H13Cl2NO/c1-2-9-20-16-8-5-14(18)10-12(16)11-19-15-6-3-13(17)4-7-15/h1,3-8,10,19H,9,11H2. The number of hydrogen-bond donors (Lipinski definition) is 1. The molecular formula is C16H13Cl2NO. The fourth-order valence-electron chi connectivity index (χ4n) is 1.71. The molecule has 0 fully saturated rings. The summed E-state index contributed by atoms with van der Waals surface area (Å²) >= 11 is 11.9. The largest absolute Gasteiger partial charge is 0.481 e. The Balaban J connectivity index is 2.09. The van der Waals surface area contributed by atoms with Crippen molar-refractivity contribution < 1.29 is 4.74 Å². The number of rotatable bonds is 5. The number of hydrogen-bond acceptors (Lipinski definition) is 2. The number of ether oxygens (including phenoxy) is 1. The second-order valence-electron chi connectivity index (χ2n) is 4.11. The van der Waals surface area contributed by atoms with E-state index in [0.717, 1.165) is 17.0 Å². The topological polar surface area (TPSA) is 21.3 Å². The van der Waals surface area contributed by atoms with Gasteiger partial charge in [0, 0.05) is 27.8 Å². The van der Waals surface area contributed by atoms with Gasteiger partial charge in [-0.3, -0.25) is 0 Å². The third-order valence-corrected chi connectivity index (χ3v) is 3.15. The SMILES string of the molecule is C#CCOc1ccc(Cl)cc1CNc1ccc(Cl)cc1. The first-order valence-corrected chi connectivity index (χ1v) is 6.79. The molecule has 0 saturated carbocycles. The summed E-state index contributed by atoms with van der Waals surface area (Å²) in [5.74, 6) is 3.18. The van der Waals surface area contributed by atoms with Crippen LogP contribution in [0.3, 0.4) is 0 Å². The molecule has 0 saturated heterocycles. The van der Waals surface area contributed by atoms with E-state index >= 15 is 0 Å². The second-order valence-corrected chi connectivity index (χ2v) is 4.98. The highest BCUT2D eigenvalue weighted by Gasteiger charge is 2.05. The molecule has 0 aromatic heterocycles. The van der Waals surface area contributed by atoms with Crippen LogP contribution in [0.25, 0.3) is 0 Å². The molecule has 0 amide bonds. The molecular weight excluding hydrogens is 293 g/mol. The van der Waals surface area contributed by atoms with Crippen LogP contribution in [0, 0.1) is 12.3 Å². The summed E-state index contributed by atoms with van der Waals surface area (Å²) < 4.78 is 5.49. The molecule has 20 heavy (non-hydrogen) atoms. The summed E-state index contributed by atoms with van der Waals surface area (Å²) in [6.07, 6.45) is 5.21. The number of benzene rings is 2. The van der Waals surface area contributed by atoms with Gasteiger partial charge in [0.2, 0.25) is 0 Å². The Morgan fingerprint density at radius 3 is 2.45 bits per heavy atom. The lowest BCUT2D eigenvalue weighted by Crippen LogP contribution is -2.03. The quantitative estimate of drug-likeness (QED) is 0.814. The fourth-order valence-corrected chi connectivity index (χ4v) is 2.03. The van der Waals surface area contributed by atoms with Crippen molar-refractivity contribution in [3.63, 3.8) is 0 Å². The average molecular weight is 306 g/mol. The Morgan fingerprint density at radius 2 is 1.75 bits per heavy atom. The van der Waals surface area contributed by atoms with Crippen molar-refractivity contribution in [1.82, 2.24) is 0 Å². The van der Waals surface area contributed by atoms with Crippen LogP contribution in [-0.4, -0.2) is 6.61 Å². The average Bonchev–Trinajstić information content (AvgIpc) is 2.46. The maximum absolute atomic E-state index is 6.01. The van der Waals surface area contributed by atoms with Crippen LogP contribution in [-0.2, 0) is 6.54 Å². The zero-order chi connectivity index (χ0) is 14.4. The maximum Gasteiger partial charge on any atom is 0.148 e. The molecule has 2 rings (SSSR count). The second kappa shape index (κ2) is 7.09. The lowest BCUT2D eigenvalue weighted by atomic mass is 10.2. The Kier molecular flexibility index (Phi) is 5.17. The summed E-state index contributed by atoms with van der Waals surface area (Å²) in [4.78, 5) is 0. The highest BCUT2D eigenvalue weighted by Crippen LogP contribution is 2.24. The molecule has 0 aliphatic carbocycles. The van der Waals surface area contributed by atoms with Gasteiger partial charge in [-0.1, -0.05) is 29.1 Å². The molecule has 0 aliphatic heterocycles. The highest BCUT2D eigenvalue weighted by atomic mass is 35.5. The minimum atomic E-state index is 0.232. The van der Waals surface area contributed by atoms with Crippen LogP contribution in [0.15, 0.2) is 42.5 Å². The lowest BCUT2D eigenvalue weighted by Gasteiger charge is -2.12. The van der Waals surface area contributed by atoms with E-state index in [2.05, 4.69) is 11.2 Å². The van der Waals surface area contributed by atoms with Gasteiger partial charge in [0.05, 0.1) is 0 Å². The van der Waals surface area contributed by atoms with Crippen molar-refractivity contribution >= 4 is 28.9 Å². The van der Waals surface area contributed by atoms with Crippen LogP contribution in [0.2, 0.25) is 10.0 Å². The van der Waals surface area contributed by atoms with Crippen molar-refractivity contribution in [2.24, 2.45) is 0 Å². The van der Waals surface area contributed by atoms with E-state index in [-0.39, 0.29) is 6.61 Å². The Labute approximate surface area is 128 Å². The molecule has 0 spiro atoms. The first kappa shape index (κ1) is 14.6. The Morgan fingerprint density at radius 1 is 1.05 bits per heavy atom. The van der Waals surface area contributed by atoms with Crippen LogP contribution in [0.1, 0.15) is 5.56 Å². The summed E-state index contributed by atoms with van der Waals surface area (Å²) in [6, 6.07) is 12.9. The predicted molar refractivity (Wildman–Crippen MR) is 84.6 cm³/mol. The Bertz CT molecular complexity index is 617. The van der Waals surface area contributed by atoms with Gasteiger partial charge >= 0.3 is 0 Å². The third-order valence-electron chi connectivity index (χ3n) is 2.66. The molecule has 0 radical (unpaired) electrons. The van der Waals surface area contributed by atoms with Gasteiger partial charge in [-0.15, -0.1) is 6.42 Å². The minimum absolute atomic E-state index is 0.232. The highest BCUT2D eigenvalue weighted by molar-refractivity contribution is 6.30. The van der Waals surface area contributed by atoms with Crippen LogP contribution in [0.4, 0.5) is 5.69 Å². The fraction of sp³-hybridized carbons (Fsp3) is 0.125. The normalized spacial score (nSPS) is 9.85. The number of anilines is 1. The molecule has 4 heteroatoms. The maximum atomic E-state index is 6.01. The molecule has 0 bridgehead atoms. The first-order valence-electron chi connectivity index (χ1n) is 6.03. The lowest BCUT2D eigenvalue weighted by molar-refractivity contribution is 0.366. The number of terminal acetylenes is 1. The van der Waals surface area contributed by atoms with Crippen molar-refractivity contribution in [2.75, 3.05) is 11.9 Å². The van der Waals surface area contributed by atoms with E-state index in [1.807, 2.05) is 36.4 Å². The van der Waals surface area contributed by atoms with E-state index in [4.69, 9.17) is 34.4 Å². The van der Waals surface area contributed by atoms with E-state index in [9.17, 15) is 0 Å². The molecule has 0 atom stereocenters. The van der Waals surface area contributed by atoms with Gasteiger partial charge in [0.1, 0.15) is 12.4 Å². The summed E-state index contributed by atoms with van der Waals surface area (Å²) in [5.41, 5.74) is 1.92. The van der Waals surface area contributed by atoms with Crippen LogP contribution in [0.5, 0.6) is 5.75 Å². The number of halogens is 2. The molecule has 2 aromatic carbocycles. The van der Waals surface area contributed by atoms with E-state index in [1.165, 1.54) is 0 Å². The smallest absolute Gasteiger partial charge is 0.148 e. The monoisotopic (exact) mass is 305 g/mol. The predicted octanol–water partition coefficient (Wildman–Crippen LogP) is 4.62. The van der Waals surface area contributed by atoms with Crippen molar-refractivity contribution in [3.8, 4) is 18.1 Å². The first-order chi connectivity index (χ1) is 9.69. The zero-order valence-corrected chi connectivity index (χ0v) is 12.2. The molecule has 2 aromatic rings. The minimum Gasteiger partial charge on any atom is -0.481 e. The van der Waals surface area contributed by atoms with E-state index in [1.54, 1.807) is 6.07 Å². The van der Waals surface area contributed by atoms with E-state index < -0.39 is 0 Å². The van der Waals surface area contributed by atoms with Crippen molar-refractivity contribution in [3.05, 3.63) is 58.1 Å². The Hall–Kier alpha value is -1.82. The molecule has 0 aliphatic rings. The number of nitrogens with one attached hydrogen (secondary N) is 1. The molecule has 1 N–H and O–H groups in total. The van der Waals surface area contributed by atoms with Crippen LogP contribution >= 0.6 is 23.2 Å². The van der Waals surface area contributed by atoms with Crippen molar-refractivity contribution in [2.45, 2.75) is 6.54 Å². The molecule has 102 valence electrons. The summed E-state index contributed by atoms with van der Waals surface area (Å²) in [5, 5.41) is 4.65. The summed E-state index contributed by atoms with van der Waals surface area (Å²) in [7, 11) is 0. The van der Waals surface area contributed by atoms with Crippen molar-refractivity contribution in [1.29, 1.82) is 0 Å². The van der Waals surface area contributed by atoms with Gasteiger partial charge in [-0.25, -0.2) is 0 Å². The van der Waals surface area contributed by atoms with Gasteiger partial charge in [-0.2, -0.15) is 0 Å². The summed E-state index contributed by atoms with van der Waals surface area (Å²) in [6.45, 7) is 0.817. The molecule has 0 heterocycles. The van der Waals surface area contributed by atoms with Crippen LogP contribution < -0.4 is 10.1 Å². The zero-order valence-electron chi connectivity index (χ0n) is 10.7. The van der Waals surface area contributed by atoms with Gasteiger partial charge < -0.3 is 10.1 Å².